The molecule has 9 heavy (non-hydrogen) atoms. The molecule has 0 aliphatic heterocycles. The van der Waals surface area contributed by atoms with E-state index in [-0.39, 0.29) is 11.8 Å². The molecule has 1 nitrogen and oxygen atoms in total. The highest BCUT2D eigenvalue weighted by Gasteiger charge is 2.43. The number of alkyl halides is 2. The zero-order valence-corrected chi connectivity index (χ0v) is 5.40. The van der Waals surface area contributed by atoms with Crippen molar-refractivity contribution < 1.29 is 8.78 Å². The fourth-order valence-corrected chi connectivity index (χ4v) is 1.08. The zero-order valence-electron chi connectivity index (χ0n) is 5.40. The summed E-state index contributed by atoms with van der Waals surface area (Å²) in [5.41, 5.74) is 0. The Kier molecular flexibility index (Phi) is 2.01. The van der Waals surface area contributed by atoms with Gasteiger partial charge in [0.15, 0.2) is 0 Å². The van der Waals surface area contributed by atoms with E-state index in [1.165, 1.54) is 0 Å². The highest BCUT2D eigenvalue weighted by atomic mass is 19.3. The van der Waals surface area contributed by atoms with Gasteiger partial charge >= 0.3 is 0 Å². The quantitative estimate of drug-likeness (QED) is 0.611. The van der Waals surface area contributed by atoms with Gasteiger partial charge in [0.05, 0.1) is 0 Å². The minimum atomic E-state index is -2.09. The Bertz CT molecular complexity index is 95.1. The van der Waals surface area contributed by atoms with E-state index in [9.17, 15) is 8.78 Å². The molecule has 1 rings (SSSR count). The maximum atomic E-state index is 11.8. The SMILES string of the molecule is CNCC1CC1C(F)F. The maximum absolute atomic E-state index is 11.8. The minimum absolute atomic E-state index is 0.245. The van der Waals surface area contributed by atoms with E-state index in [1.54, 1.807) is 7.05 Å². The van der Waals surface area contributed by atoms with Crippen LogP contribution >= 0.6 is 0 Å². The van der Waals surface area contributed by atoms with E-state index in [0.717, 1.165) is 6.54 Å². The summed E-state index contributed by atoms with van der Waals surface area (Å²) in [6.07, 6.45) is -1.39. The average Bonchev–Trinajstić information content (AvgIpc) is 2.47. The van der Waals surface area contributed by atoms with Gasteiger partial charge in [-0.15, -0.1) is 0 Å². The first kappa shape index (κ1) is 6.93. The van der Waals surface area contributed by atoms with Crippen LogP contribution in [0.3, 0.4) is 0 Å². The molecule has 1 aliphatic rings. The molecule has 0 heterocycles. The number of rotatable bonds is 3. The molecule has 2 atom stereocenters. The summed E-state index contributed by atoms with van der Waals surface area (Å²) >= 11 is 0. The van der Waals surface area contributed by atoms with Crippen molar-refractivity contribution in [2.75, 3.05) is 13.6 Å². The Morgan fingerprint density at radius 3 is 2.67 bits per heavy atom. The molecule has 0 radical (unpaired) electrons. The van der Waals surface area contributed by atoms with Crippen LogP contribution in [-0.4, -0.2) is 20.0 Å². The van der Waals surface area contributed by atoms with Gasteiger partial charge in [-0.05, 0) is 25.9 Å². The van der Waals surface area contributed by atoms with E-state index in [4.69, 9.17) is 0 Å². The molecule has 1 aliphatic carbocycles. The first-order valence-corrected chi connectivity index (χ1v) is 3.18. The molecule has 2 unspecified atom stereocenters. The van der Waals surface area contributed by atoms with Crippen molar-refractivity contribution in [2.24, 2.45) is 11.8 Å². The second-order valence-corrected chi connectivity index (χ2v) is 2.55. The molecule has 0 aromatic carbocycles. The lowest BCUT2D eigenvalue weighted by Crippen LogP contribution is -2.12. The standard InChI is InChI=1S/C6H11F2N/c1-9-3-4-2-5(4)6(7)8/h4-6,9H,2-3H2,1H3. The van der Waals surface area contributed by atoms with E-state index in [1.807, 2.05) is 0 Å². The third-order valence-electron chi connectivity index (χ3n) is 1.77. The molecule has 0 bridgehead atoms. The predicted octanol–water partition coefficient (Wildman–Crippen LogP) is 1.11. The van der Waals surface area contributed by atoms with Crippen molar-refractivity contribution >= 4 is 0 Å². The van der Waals surface area contributed by atoms with Crippen molar-refractivity contribution in [3.8, 4) is 0 Å². The lowest BCUT2D eigenvalue weighted by atomic mass is 10.3. The van der Waals surface area contributed by atoms with Crippen LogP contribution in [0.2, 0.25) is 0 Å². The van der Waals surface area contributed by atoms with Gasteiger partial charge in [-0.25, -0.2) is 8.78 Å². The van der Waals surface area contributed by atoms with Gasteiger partial charge in [0.1, 0.15) is 0 Å². The molecule has 1 saturated carbocycles. The van der Waals surface area contributed by atoms with Crippen molar-refractivity contribution in [2.45, 2.75) is 12.8 Å². The summed E-state index contributed by atoms with van der Waals surface area (Å²) in [7, 11) is 1.79. The maximum Gasteiger partial charge on any atom is 0.241 e. The Hall–Kier alpha value is -0.180. The lowest BCUT2D eigenvalue weighted by Gasteiger charge is -1.95. The predicted molar refractivity (Wildman–Crippen MR) is 31.5 cm³/mol. The fourth-order valence-electron chi connectivity index (χ4n) is 1.08. The van der Waals surface area contributed by atoms with E-state index in [0.29, 0.717) is 6.42 Å². The Morgan fingerprint density at radius 2 is 2.33 bits per heavy atom. The molecule has 0 aromatic rings. The molecular formula is C6H11F2N. The van der Waals surface area contributed by atoms with Gasteiger partial charge in [0.25, 0.3) is 0 Å². The van der Waals surface area contributed by atoms with Gasteiger partial charge in [-0.2, -0.15) is 0 Å². The highest BCUT2D eigenvalue weighted by molar-refractivity contribution is 4.88. The van der Waals surface area contributed by atoms with Gasteiger partial charge in [-0.1, -0.05) is 0 Å². The molecule has 1 N–H and O–H groups in total. The Labute approximate surface area is 53.4 Å². The average molecular weight is 135 g/mol. The minimum Gasteiger partial charge on any atom is -0.319 e. The van der Waals surface area contributed by atoms with Gasteiger partial charge < -0.3 is 5.32 Å². The van der Waals surface area contributed by atoms with Crippen molar-refractivity contribution in [3.05, 3.63) is 0 Å². The van der Waals surface area contributed by atoms with Crippen LogP contribution in [0.5, 0.6) is 0 Å². The van der Waals surface area contributed by atoms with Crippen LogP contribution in [0.1, 0.15) is 6.42 Å². The number of hydrogen-bond acceptors (Lipinski definition) is 1. The Balaban J connectivity index is 2.09. The molecule has 1 fully saturated rings. The first-order chi connectivity index (χ1) is 4.25. The van der Waals surface area contributed by atoms with Crippen molar-refractivity contribution in [1.82, 2.24) is 5.32 Å². The van der Waals surface area contributed by atoms with Crippen LogP contribution < -0.4 is 5.32 Å². The summed E-state index contributed by atoms with van der Waals surface area (Å²) in [6.45, 7) is 0.745. The number of nitrogens with one attached hydrogen (secondary N) is 1. The fraction of sp³-hybridized carbons (Fsp3) is 1.00. The Morgan fingerprint density at radius 1 is 1.67 bits per heavy atom. The normalized spacial score (nSPS) is 33.3. The molecular weight excluding hydrogens is 124 g/mol. The first-order valence-electron chi connectivity index (χ1n) is 3.18. The monoisotopic (exact) mass is 135 g/mol. The summed E-state index contributed by atoms with van der Waals surface area (Å²) in [6, 6.07) is 0. The number of hydrogen-bond donors (Lipinski definition) is 1. The van der Waals surface area contributed by atoms with E-state index < -0.39 is 6.43 Å². The van der Waals surface area contributed by atoms with Crippen molar-refractivity contribution in [3.63, 3.8) is 0 Å². The molecule has 0 saturated heterocycles. The number of halogens is 2. The second-order valence-electron chi connectivity index (χ2n) is 2.55. The van der Waals surface area contributed by atoms with Crippen LogP contribution in [0, 0.1) is 11.8 Å². The molecule has 0 aromatic heterocycles. The largest absolute Gasteiger partial charge is 0.319 e. The van der Waals surface area contributed by atoms with Gasteiger partial charge in [0.2, 0.25) is 6.43 Å². The molecule has 54 valence electrons. The van der Waals surface area contributed by atoms with E-state index >= 15 is 0 Å². The van der Waals surface area contributed by atoms with Gasteiger partial charge in [0, 0.05) is 5.92 Å². The van der Waals surface area contributed by atoms with Crippen LogP contribution in [0.15, 0.2) is 0 Å². The molecule has 0 amide bonds. The third kappa shape index (κ3) is 1.61. The summed E-state index contributed by atoms with van der Waals surface area (Å²) < 4.78 is 23.5. The summed E-state index contributed by atoms with van der Waals surface area (Å²) in [5.74, 6) is -0.0625. The highest BCUT2D eigenvalue weighted by Crippen LogP contribution is 2.42. The summed E-state index contributed by atoms with van der Waals surface area (Å²) in [4.78, 5) is 0. The lowest BCUT2D eigenvalue weighted by molar-refractivity contribution is 0.116. The van der Waals surface area contributed by atoms with Crippen LogP contribution in [-0.2, 0) is 0 Å². The van der Waals surface area contributed by atoms with Crippen LogP contribution in [0.25, 0.3) is 0 Å². The van der Waals surface area contributed by atoms with Crippen LogP contribution in [0.4, 0.5) is 8.78 Å². The smallest absolute Gasteiger partial charge is 0.241 e. The molecule has 3 heteroatoms. The van der Waals surface area contributed by atoms with Crippen molar-refractivity contribution in [1.29, 1.82) is 0 Å². The zero-order chi connectivity index (χ0) is 6.85. The topological polar surface area (TPSA) is 12.0 Å². The third-order valence-corrected chi connectivity index (χ3v) is 1.77. The second kappa shape index (κ2) is 2.60. The van der Waals surface area contributed by atoms with E-state index in [2.05, 4.69) is 5.32 Å². The van der Waals surface area contributed by atoms with Gasteiger partial charge in [-0.3, -0.25) is 0 Å². The molecule has 0 spiro atoms. The summed E-state index contributed by atoms with van der Waals surface area (Å²) in [5, 5.41) is 2.88.